The minimum atomic E-state index is -0.455. The van der Waals surface area contributed by atoms with Gasteiger partial charge in [0.25, 0.3) is 0 Å². The average molecular weight is 278 g/mol. The molecule has 0 aromatic carbocycles. The number of amides is 1. The average Bonchev–Trinajstić information content (AvgIpc) is 2.71. The zero-order valence-electron chi connectivity index (χ0n) is 10.2. The van der Waals surface area contributed by atoms with E-state index in [2.05, 4.69) is 15.0 Å². The molecule has 0 aliphatic heterocycles. The number of aromatic amines is 1. The van der Waals surface area contributed by atoms with E-state index in [1.165, 1.54) is 14.0 Å². The molecule has 0 saturated heterocycles. The third-order valence-corrected chi connectivity index (χ3v) is 3.03. The maximum Gasteiger partial charge on any atom is 0.316 e. The predicted molar refractivity (Wildman–Crippen MR) is 67.3 cm³/mol. The number of anilines is 1. The van der Waals surface area contributed by atoms with E-state index in [0.717, 1.165) is 11.8 Å². The number of aromatic nitrogens is 1. The summed E-state index contributed by atoms with van der Waals surface area (Å²) in [7, 11) is 1.26. The van der Waals surface area contributed by atoms with Crippen LogP contribution in [0.5, 0.6) is 0 Å². The molecule has 1 rings (SSSR count). The number of ether oxygens (including phenoxy) is 1. The van der Waals surface area contributed by atoms with Gasteiger partial charge in [-0.3, -0.25) is 9.59 Å². The number of methoxy groups -OCH3 is 1. The fourth-order valence-electron chi connectivity index (χ4n) is 1.26. The van der Waals surface area contributed by atoms with E-state index >= 15 is 0 Å². The Morgan fingerprint density at radius 1 is 1.37 bits per heavy atom. The standard InChI is InChI=1S/C11H10N4O3S/c1-6(16)14-10-7(3-12)8(4-13)11(15-10)19-5-9(17)18-2/h15H,5H2,1-2H3,(H,14,16). The summed E-state index contributed by atoms with van der Waals surface area (Å²) in [5.74, 6) is -0.676. The molecule has 1 aromatic heterocycles. The van der Waals surface area contributed by atoms with Crippen LogP contribution in [0.4, 0.5) is 5.82 Å². The van der Waals surface area contributed by atoms with Crippen molar-refractivity contribution < 1.29 is 14.3 Å². The molecule has 1 heterocycles. The van der Waals surface area contributed by atoms with Crippen molar-refractivity contribution in [2.75, 3.05) is 18.2 Å². The topological polar surface area (TPSA) is 119 Å². The minimum absolute atomic E-state index is 0.00390. The van der Waals surface area contributed by atoms with Crippen molar-refractivity contribution in [3.8, 4) is 12.1 Å². The third-order valence-electron chi connectivity index (χ3n) is 2.05. The predicted octanol–water partition coefficient (Wildman–Crippen LogP) is 0.982. The normalized spacial score (nSPS) is 9.26. The number of esters is 1. The summed E-state index contributed by atoms with van der Waals surface area (Å²) in [4.78, 5) is 24.8. The Morgan fingerprint density at radius 3 is 2.47 bits per heavy atom. The highest BCUT2D eigenvalue weighted by Gasteiger charge is 2.19. The van der Waals surface area contributed by atoms with Gasteiger partial charge in [0.05, 0.1) is 17.9 Å². The van der Waals surface area contributed by atoms with Gasteiger partial charge < -0.3 is 15.0 Å². The fraction of sp³-hybridized carbons (Fsp3) is 0.273. The molecular weight excluding hydrogens is 268 g/mol. The van der Waals surface area contributed by atoms with Crippen LogP contribution in [0.25, 0.3) is 0 Å². The van der Waals surface area contributed by atoms with Crippen molar-refractivity contribution >= 4 is 29.5 Å². The van der Waals surface area contributed by atoms with Crippen molar-refractivity contribution in [3.63, 3.8) is 0 Å². The molecule has 0 saturated carbocycles. The first-order valence-corrected chi connectivity index (χ1v) is 6.05. The SMILES string of the molecule is COC(=O)CSc1[nH]c(NC(C)=O)c(C#N)c1C#N. The van der Waals surface area contributed by atoms with Gasteiger partial charge >= 0.3 is 5.97 Å². The fourth-order valence-corrected chi connectivity index (χ4v) is 2.11. The largest absolute Gasteiger partial charge is 0.468 e. The molecule has 2 N–H and O–H groups in total. The van der Waals surface area contributed by atoms with E-state index in [1.54, 1.807) is 0 Å². The molecule has 19 heavy (non-hydrogen) atoms. The Morgan fingerprint density at radius 2 is 2.00 bits per heavy atom. The van der Waals surface area contributed by atoms with E-state index < -0.39 is 5.97 Å². The Hall–Kier alpha value is -2.45. The van der Waals surface area contributed by atoms with Crippen molar-refractivity contribution in [3.05, 3.63) is 11.1 Å². The maximum absolute atomic E-state index is 11.0. The second kappa shape index (κ2) is 6.47. The Balaban J connectivity index is 3.08. The lowest BCUT2D eigenvalue weighted by atomic mass is 10.2. The summed E-state index contributed by atoms with van der Waals surface area (Å²) in [5, 5.41) is 20.8. The molecule has 0 aliphatic carbocycles. The number of rotatable bonds is 4. The van der Waals surface area contributed by atoms with Crippen LogP contribution in [0, 0.1) is 22.7 Å². The second-order valence-electron chi connectivity index (χ2n) is 3.35. The summed E-state index contributed by atoms with van der Waals surface area (Å²) < 4.78 is 4.48. The van der Waals surface area contributed by atoms with Crippen molar-refractivity contribution in [2.24, 2.45) is 0 Å². The zero-order chi connectivity index (χ0) is 14.4. The van der Waals surface area contributed by atoms with E-state index in [0.29, 0.717) is 5.03 Å². The third kappa shape index (κ3) is 3.50. The zero-order valence-corrected chi connectivity index (χ0v) is 11.1. The van der Waals surface area contributed by atoms with Gasteiger partial charge in [0, 0.05) is 6.92 Å². The Bertz CT molecular complexity index is 594. The molecule has 0 bridgehead atoms. The number of thioether (sulfide) groups is 1. The Kier molecular flexibility index (Phi) is 4.98. The van der Waals surface area contributed by atoms with Gasteiger partial charge in [-0.2, -0.15) is 10.5 Å². The van der Waals surface area contributed by atoms with E-state index in [9.17, 15) is 9.59 Å². The summed E-state index contributed by atoms with van der Waals surface area (Å²) in [5.41, 5.74) is 0.144. The summed E-state index contributed by atoms with van der Waals surface area (Å²) in [6, 6.07) is 3.72. The van der Waals surface area contributed by atoms with Gasteiger partial charge in [0.15, 0.2) is 0 Å². The van der Waals surface area contributed by atoms with Crippen LogP contribution in [0.15, 0.2) is 5.03 Å². The maximum atomic E-state index is 11.0. The number of carbonyl (C=O) groups is 2. The van der Waals surface area contributed by atoms with Gasteiger partial charge in [0.1, 0.15) is 29.1 Å². The number of hydrogen-bond acceptors (Lipinski definition) is 6. The van der Waals surface area contributed by atoms with Crippen LogP contribution >= 0.6 is 11.8 Å². The van der Waals surface area contributed by atoms with Gasteiger partial charge in [-0.15, -0.1) is 0 Å². The van der Waals surface area contributed by atoms with Gasteiger partial charge in [-0.25, -0.2) is 0 Å². The molecule has 8 heteroatoms. The molecule has 7 nitrogen and oxygen atoms in total. The summed E-state index contributed by atoms with van der Waals surface area (Å²) in [6.45, 7) is 1.29. The number of carbonyl (C=O) groups excluding carboxylic acids is 2. The Labute approximate surface area is 113 Å². The number of nitrogens with one attached hydrogen (secondary N) is 2. The van der Waals surface area contributed by atoms with Gasteiger partial charge in [-0.05, 0) is 0 Å². The van der Waals surface area contributed by atoms with Crippen LogP contribution in [-0.4, -0.2) is 29.7 Å². The summed E-state index contributed by atoms with van der Waals surface area (Å²) >= 11 is 1.03. The lowest BCUT2D eigenvalue weighted by Gasteiger charge is -1.99. The van der Waals surface area contributed by atoms with E-state index in [4.69, 9.17) is 10.5 Å². The van der Waals surface area contributed by atoms with Crippen LogP contribution < -0.4 is 5.32 Å². The molecule has 0 fully saturated rings. The molecule has 0 radical (unpaired) electrons. The molecular formula is C11H10N4O3S. The number of hydrogen-bond donors (Lipinski definition) is 2. The first-order chi connectivity index (χ1) is 9.03. The lowest BCUT2D eigenvalue weighted by Crippen LogP contribution is -2.07. The smallest absolute Gasteiger partial charge is 0.316 e. The molecule has 98 valence electrons. The summed E-state index contributed by atoms with van der Waals surface area (Å²) in [6.07, 6.45) is 0. The van der Waals surface area contributed by atoms with Crippen molar-refractivity contribution in [2.45, 2.75) is 11.9 Å². The first kappa shape index (κ1) is 14.6. The molecule has 0 atom stereocenters. The molecule has 1 aromatic rings. The first-order valence-electron chi connectivity index (χ1n) is 5.06. The van der Waals surface area contributed by atoms with Crippen LogP contribution in [0.3, 0.4) is 0 Å². The molecule has 0 aliphatic rings. The minimum Gasteiger partial charge on any atom is -0.468 e. The van der Waals surface area contributed by atoms with E-state index in [-0.39, 0.29) is 28.6 Å². The number of nitriles is 2. The van der Waals surface area contributed by atoms with Gasteiger partial charge in [0.2, 0.25) is 5.91 Å². The van der Waals surface area contributed by atoms with Crippen molar-refractivity contribution in [1.82, 2.24) is 4.98 Å². The highest BCUT2D eigenvalue weighted by atomic mass is 32.2. The lowest BCUT2D eigenvalue weighted by molar-refractivity contribution is -0.137. The molecule has 1 amide bonds. The number of nitrogens with zero attached hydrogens (tertiary/aromatic N) is 2. The highest BCUT2D eigenvalue weighted by molar-refractivity contribution is 7.99. The molecule has 0 unspecified atom stereocenters. The highest BCUT2D eigenvalue weighted by Crippen LogP contribution is 2.29. The van der Waals surface area contributed by atoms with E-state index in [1.807, 2.05) is 12.1 Å². The second-order valence-corrected chi connectivity index (χ2v) is 4.33. The molecule has 0 spiro atoms. The van der Waals surface area contributed by atoms with Crippen LogP contribution in [-0.2, 0) is 14.3 Å². The van der Waals surface area contributed by atoms with Gasteiger partial charge in [-0.1, -0.05) is 11.8 Å². The monoisotopic (exact) mass is 278 g/mol. The van der Waals surface area contributed by atoms with Crippen LogP contribution in [0.2, 0.25) is 0 Å². The van der Waals surface area contributed by atoms with Crippen molar-refractivity contribution in [1.29, 1.82) is 10.5 Å². The quantitative estimate of drug-likeness (QED) is 0.626. The van der Waals surface area contributed by atoms with Crippen LogP contribution in [0.1, 0.15) is 18.1 Å². The number of H-pyrrole nitrogens is 1.